The Balaban J connectivity index is 1.96. The van der Waals surface area contributed by atoms with Crippen LogP contribution in [0.25, 0.3) is 0 Å². The van der Waals surface area contributed by atoms with Crippen molar-refractivity contribution in [1.29, 1.82) is 0 Å². The van der Waals surface area contributed by atoms with Gasteiger partial charge in [-0.15, -0.1) is 0 Å². The summed E-state index contributed by atoms with van der Waals surface area (Å²) in [6.07, 6.45) is 8.93. The van der Waals surface area contributed by atoms with Gasteiger partial charge in [0.25, 0.3) is 0 Å². The summed E-state index contributed by atoms with van der Waals surface area (Å²) in [6, 6.07) is 8.45. The van der Waals surface area contributed by atoms with Gasteiger partial charge in [-0.05, 0) is 65.7 Å². The fraction of sp³-hybridized carbons (Fsp3) is 0.588. The molecular formula is C34H50N2O2. The number of rotatable bonds is 6. The molecule has 2 aromatic rings. The maximum atomic E-state index is 11.2. The van der Waals surface area contributed by atoms with Crippen LogP contribution in [0, 0.1) is 6.92 Å². The van der Waals surface area contributed by atoms with Crippen molar-refractivity contribution >= 4 is 12.4 Å². The summed E-state index contributed by atoms with van der Waals surface area (Å²) in [5, 5.41) is 22.2. The summed E-state index contributed by atoms with van der Waals surface area (Å²) < 4.78 is 0. The largest absolute Gasteiger partial charge is 0.507 e. The maximum absolute atomic E-state index is 11.2. The summed E-state index contributed by atoms with van der Waals surface area (Å²) in [6.45, 7) is 21.6. The molecule has 0 spiro atoms. The Morgan fingerprint density at radius 3 is 1.63 bits per heavy atom. The van der Waals surface area contributed by atoms with E-state index in [0.717, 1.165) is 59.9 Å². The second kappa shape index (κ2) is 11.2. The first-order valence-electron chi connectivity index (χ1n) is 14.3. The number of hydrogen-bond donors (Lipinski definition) is 2. The van der Waals surface area contributed by atoms with Crippen molar-refractivity contribution in [3.8, 4) is 11.5 Å². The number of aryl methyl sites for hydroxylation is 1. The zero-order valence-electron chi connectivity index (χ0n) is 25.4. The van der Waals surface area contributed by atoms with Gasteiger partial charge in [0.15, 0.2) is 0 Å². The lowest BCUT2D eigenvalue weighted by molar-refractivity contribution is 0.389. The van der Waals surface area contributed by atoms with Crippen LogP contribution >= 0.6 is 0 Å². The topological polar surface area (TPSA) is 65.2 Å². The molecule has 0 aliphatic heterocycles. The molecule has 0 radical (unpaired) electrons. The molecule has 2 N–H and O–H groups in total. The first-order chi connectivity index (χ1) is 17.5. The van der Waals surface area contributed by atoms with E-state index in [1.807, 2.05) is 18.5 Å². The molecule has 3 rings (SSSR count). The number of aliphatic imine (C=N–C) groups is 2. The van der Waals surface area contributed by atoms with Crippen LogP contribution in [-0.4, -0.2) is 34.7 Å². The average molecular weight is 519 g/mol. The Morgan fingerprint density at radius 1 is 0.737 bits per heavy atom. The predicted molar refractivity (Wildman–Crippen MR) is 163 cm³/mol. The molecule has 1 aliphatic rings. The smallest absolute Gasteiger partial charge is 0.128 e. The van der Waals surface area contributed by atoms with Gasteiger partial charge in [0.2, 0.25) is 0 Å². The van der Waals surface area contributed by atoms with Crippen molar-refractivity contribution in [3.63, 3.8) is 0 Å². The maximum Gasteiger partial charge on any atom is 0.128 e. The highest BCUT2D eigenvalue weighted by molar-refractivity contribution is 5.86. The summed E-state index contributed by atoms with van der Waals surface area (Å²) in [5.41, 5.74) is 5.49. The molecule has 2 unspecified atom stereocenters. The standard InChI is InChI=1S/C34H50N2O2/c1-11-34(9,10)25-18-24(31(38)27(19-25)33(6,7)8)21-36-29-15-13-12-14-28(29)35-20-23-16-22(2)17-26(30(23)37)32(3,4)5/h16-21,28-29,37-38H,11-15H2,1-10H3. The summed E-state index contributed by atoms with van der Waals surface area (Å²) in [7, 11) is 0. The van der Waals surface area contributed by atoms with Gasteiger partial charge in [-0.2, -0.15) is 0 Å². The van der Waals surface area contributed by atoms with Crippen molar-refractivity contribution in [2.24, 2.45) is 9.98 Å². The van der Waals surface area contributed by atoms with Gasteiger partial charge in [0, 0.05) is 34.7 Å². The molecule has 0 saturated heterocycles. The normalized spacial score (nSPS) is 19.5. The minimum absolute atomic E-state index is 0.00961. The summed E-state index contributed by atoms with van der Waals surface area (Å²) in [5.74, 6) is 0.643. The molecule has 2 aromatic carbocycles. The van der Waals surface area contributed by atoms with E-state index in [1.54, 1.807) is 0 Å². The van der Waals surface area contributed by atoms with Crippen molar-refractivity contribution in [2.45, 2.75) is 130 Å². The van der Waals surface area contributed by atoms with Crippen LogP contribution in [0.2, 0.25) is 0 Å². The van der Waals surface area contributed by atoms with Gasteiger partial charge in [-0.3, -0.25) is 9.98 Å². The number of hydrogen-bond acceptors (Lipinski definition) is 4. The lowest BCUT2D eigenvalue weighted by atomic mass is 9.77. The Bertz CT molecular complexity index is 1190. The van der Waals surface area contributed by atoms with Crippen molar-refractivity contribution in [2.75, 3.05) is 0 Å². The fourth-order valence-electron chi connectivity index (χ4n) is 5.19. The number of phenolic OH excluding ortho intramolecular Hbond substituents is 2. The lowest BCUT2D eigenvalue weighted by Crippen LogP contribution is -2.27. The Kier molecular flexibility index (Phi) is 8.85. The van der Waals surface area contributed by atoms with E-state index in [4.69, 9.17) is 9.98 Å². The average Bonchev–Trinajstić information content (AvgIpc) is 2.82. The Hall–Kier alpha value is -2.62. The summed E-state index contributed by atoms with van der Waals surface area (Å²) >= 11 is 0. The van der Waals surface area contributed by atoms with Crippen molar-refractivity contribution in [3.05, 3.63) is 57.6 Å². The Morgan fingerprint density at radius 2 is 1.18 bits per heavy atom. The molecule has 1 fully saturated rings. The van der Waals surface area contributed by atoms with Crippen molar-refractivity contribution in [1.82, 2.24) is 0 Å². The molecule has 0 aromatic heterocycles. The van der Waals surface area contributed by atoms with Crippen LogP contribution in [0.3, 0.4) is 0 Å². The lowest BCUT2D eigenvalue weighted by Gasteiger charge is -2.29. The molecule has 1 saturated carbocycles. The zero-order chi connectivity index (χ0) is 28.5. The second-order valence-corrected chi connectivity index (χ2v) is 13.9. The highest BCUT2D eigenvalue weighted by atomic mass is 16.3. The van der Waals surface area contributed by atoms with E-state index in [-0.39, 0.29) is 28.3 Å². The highest BCUT2D eigenvalue weighted by Gasteiger charge is 2.27. The van der Waals surface area contributed by atoms with Gasteiger partial charge in [0.05, 0.1) is 12.1 Å². The van der Waals surface area contributed by atoms with E-state index in [1.165, 1.54) is 5.56 Å². The summed E-state index contributed by atoms with van der Waals surface area (Å²) in [4.78, 5) is 9.98. The molecule has 208 valence electrons. The number of nitrogens with zero attached hydrogens (tertiary/aromatic N) is 2. The minimum atomic E-state index is -0.175. The molecular weight excluding hydrogens is 468 g/mol. The van der Waals surface area contributed by atoms with E-state index in [2.05, 4.69) is 87.4 Å². The van der Waals surface area contributed by atoms with Gasteiger partial charge in [0.1, 0.15) is 11.5 Å². The van der Waals surface area contributed by atoms with E-state index in [0.29, 0.717) is 11.5 Å². The van der Waals surface area contributed by atoms with Crippen LogP contribution < -0.4 is 0 Å². The van der Waals surface area contributed by atoms with Crippen LogP contribution in [0.15, 0.2) is 34.3 Å². The molecule has 2 atom stereocenters. The zero-order valence-corrected chi connectivity index (χ0v) is 25.4. The van der Waals surface area contributed by atoms with Crippen LogP contribution in [0.5, 0.6) is 11.5 Å². The van der Waals surface area contributed by atoms with Gasteiger partial charge < -0.3 is 10.2 Å². The minimum Gasteiger partial charge on any atom is -0.507 e. The van der Waals surface area contributed by atoms with E-state index in [9.17, 15) is 10.2 Å². The van der Waals surface area contributed by atoms with Crippen molar-refractivity contribution < 1.29 is 10.2 Å². The quantitative estimate of drug-likeness (QED) is 0.376. The predicted octanol–water partition coefficient (Wildman–Crippen LogP) is 8.54. The first-order valence-corrected chi connectivity index (χ1v) is 14.3. The van der Waals surface area contributed by atoms with Gasteiger partial charge in [-0.25, -0.2) is 0 Å². The molecule has 4 heteroatoms. The van der Waals surface area contributed by atoms with Gasteiger partial charge in [-0.1, -0.05) is 87.3 Å². The van der Waals surface area contributed by atoms with Gasteiger partial charge >= 0.3 is 0 Å². The number of benzene rings is 2. The first kappa shape index (κ1) is 29.9. The highest BCUT2D eigenvalue weighted by Crippen LogP contribution is 2.39. The molecule has 1 aliphatic carbocycles. The molecule has 0 heterocycles. The van der Waals surface area contributed by atoms with E-state index >= 15 is 0 Å². The third kappa shape index (κ3) is 6.87. The SMILES string of the molecule is CCC(C)(C)c1cc(C=NC2CCCCC2N=Cc2cc(C)cc(C(C)(C)C)c2O)c(O)c(C(C)(C)C)c1. The third-order valence-electron chi connectivity index (χ3n) is 8.21. The van der Waals surface area contributed by atoms with Crippen LogP contribution in [0.1, 0.15) is 128 Å². The van der Waals surface area contributed by atoms with Crippen LogP contribution in [0.4, 0.5) is 0 Å². The molecule has 0 amide bonds. The Labute approximate surface area is 231 Å². The third-order valence-corrected chi connectivity index (χ3v) is 8.21. The van der Waals surface area contributed by atoms with E-state index < -0.39 is 0 Å². The number of aromatic hydroxyl groups is 2. The molecule has 4 nitrogen and oxygen atoms in total. The monoisotopic (exact) mass is 518 g/mol. The second-order valence-electron chi connectivity index (χ2n) is 13.9. The molecule has 0 bridgehead atoms. The molecule has 38 heavy (non-hydrogen) atoms. The number of phenols is 2. The fourth-order valence-corrected chi connectivity index (χ4v) is 5.19. The van der Waals surface area contributed by atoms with Crippen LogP contribution in [-0.2, 0) is 16.2 Å².